The minimum atomic E-state index is 0.445. The number of anilines is 1. The highest BCUT2D eigenvalue weighted by molar-refractivity contribution is 5.38. The molecular weight excluding hydrogens is 142 g/mol. The molecule has 4 heteroatoms. The summed E-state index contributed by atoms with van der Waals surface area (Å²) in [6.45, 7) is 1.57. The van der Waals surface area contributed by atoms with Crippen LogP contribution in [0.25, 0.3) is 0 Å². The van der Waals surface area contributed by atoms with Gasteiger partial charge in [0.2, 0.25) is 0 Å². The molecule has 1 aromatic heterocycles. The Balaban J connectivity index is 1.95. The van der Waals surface area contributed by atoms with E-state index in [9.17, 15) is 0 Å². The minimum absolute atomic E-state index is 0.445. The Morgan fingerprint density at radius 1 is 1.36 bits per heavy atom. The second kappa shape index (κ2) is 2.84. The first-order valence-electron chi connectivity index (χ1n) is 3.54. The smallest absolute Gasteiger partial charge is 0.115 e. The van der Waals surface area contributed by atoms with Gasteiger partial charge in [0.1, 0.15) is 6.33 Å². The van der Waals surface area contributed by atoms with Crippen LogP contribution in [-0.2, 0) is 4.74 Å². The second-order valence-electron chi connectivity index (χ2n) is 2.51. The lowest BCUT2D eigenvalue weighted by Crippen LogP contribution is -2.40. The average Bonchev–Trinajstić information content (AvgIpc) is 1.99. The van der Waals surface area contributed by atoms with E-state index in [0.29, 0.717) is 6.04 Å². The van der Waals surface area contributed by atoms with E-state index in [1.54, 1.807) is 12.4 Å². The number of rotatable bonds is 2. The number of ether oxygens (including phenoxy) is 1. The third-order valence-electron chi connectivity index (χ3n) is 1.57. The van der Waals surface area contributed by atoms with Crippen molar-refractivity contribution in [1.82, 2.24) is 9.97 Å². The van der Waals surface area contributed by atoms with Gasteiger partial charge in [0.05, 0.1) is 37.3 Å². The molecule has 1 saturated heterocycles. The summed E-state index contributed by atoms with van der Waals surface area (Å²) in [5.74, 6) is 0. The van der Waals surface area contributed by atoms with Gasteiger partial charge in [0, 0.05) is 0 Å². The van der Waals surface area contributed by atoms with Crippen LogP contribution < -0.4 is 5.32 Å². The predicted octanol–water partition coefficient (Wildman–Crippen LogP) is 0.287. The van der Waals surface area contributed by atoms with E-state index in [1.165, 1.54) is 6.33 Å². The normalized spacial score (nSPS) is 17.5. The Hall–Kier alpha value is -1.16. The molecule has 0 amide bonds. The lowest BCUT2D eigenvalue weighted by Gasteiger charge is -2.27. The molecular formula is C7H9N3O. The van der Waals surface area contributed by atoms with Crippen molar-refractivity contribution in [2.45, 2.75) is 6.04 Å². The molecule has 0 radical (unpaired) electrons. The topological polar surface area (TPSA) is 47.0 Å². The monoisotopic (exact) mass is 151 g/mol. The highest BCUT2D eigenvalue weighted by Crippen LogP contribution is 2.08. The summed E-state index contributed by atoms with van der Waals surface area (Å²) >= 11 is 0. The van der Waals surface area contributed by atoms with Gasteiger partial charge in [-0.2, -0.15) is 0 Å². The van der Waals surface area contributed by atoms with Gasteiger partial charge in [-0.3, -0.25) is 0 Å². The van der Waals surface area contributed by atoms with Crippen LogP contribution in [0.1, 0.15) is 0 Å². The van der Waals surface area contributed by atoms with Crippen LogP contribution in [0, 0.1) is 0 Å². The van der Waals surface area contributed by atoms with Gasteiger partial charge >= 0.3 is 0 Å². The molecule has 1 aliphatic rings. The number of nitrogens with one attached hydrogen (secondary N) is 1. The van der Waals surface area contributed by atoms with Crippen LogP contribution in [-0.4, -0.2) is 29.2 Å². The van der Waals surface area contributed by atoms with Crippen molar-refractivity contribution in [1.29, 1.82) is 0 Å². The fraction of sp³-hybridized carbons (Fsp3) is 0.429. The average molecular weight is 151 g/mol. The Kier molecular flexibility index (Phi) is 1.69. The molecule has 0 unspecified atom stereocenters. The zero-order chi connectivity index (χ0) is 7.52. The van der Waals surface area contributed by atoms with Crippen LogP contribution >= 0.6 is 0 Å². The largest absolute Gasteiger partial charge is 0.377 e. The van der Waals surface area contributed by atoms with Gasteiger partial charge in [0.15, 0.2) is 0 Å². The van der Waals surface area contributed by atoms with Crippen molar-refractivity contribution < 1.29 is 4.74 Å². The molecule has 1 N–H and O–H groups in total. The maximum Gasteiger partial charge on any atom is 0.115 e. The van der Waals surface area contributed by atoms with Gasteiger partial charge in [-0.05, 0) is 0 Å². The first kappa shape index (κ1) is 6.54. The van der Waals surface area contributed by atoms with E-state index in [4.69, 9.17) is 4.74 Å². The molecule has 58 valence electrons. The van der Waals surface area contributed by atoms with E-state index < -0.39 is 0 Å². The summed E-state index contributed by atoms with van der Waals surface area (Å²) in [4.78, 5) is 7.76. The van der Waals surface area contributed by atoms with Crippen LogP contribution in [0.2, 0.25) is 0 Å². The Morgan fingerprint density at radius 2 is 2.09 bits per heavy atom. The molecule has 0 atom stereocenters. The van der Waals surface area contributed by atoms with Crippen molar-refractivity contribution in [2.75, 3.05) is 18.5 Å². The first-order chi connectivity index (χ1) is 5.45. The SMILES string of the molecule is c1ncc(NC2COC2)cn1. The summed E-state index contributed by atoms with van der Waals surface area (Å²) in [6.07, 6.45) is 5.03. The van der Waals surface area contributed by atoms with E-state index in [0.717, 1.165) is 18.9 Å². The third kappa shape index (κ3) is 1.46. The predicted molar refractivity (Wildman–Crippen MR) is 40.3 cm³/mol. The van der Waals surface area contributed by atoms with Crippen molar-refractivity contribution in [3.8, 4) is 0 Å². The molecule has 11 heavy (non-hydrogen) atoms. The number of nitrogens with zero attached hydrogens (tertiary/aromatic N) is 2. The summed E-state index contributed by atoms with van der Waals surface area (Å²) in [7, 11) is 0. The highest BCUT2D eigenvalue weighted by Gasteiger charge is 2.17. The molecule has 0 saturated carbocycles. The zero-order valence-electron chi connectivity index (χ0n) is 6.03. The fourth-order valence-electron chi connectivity index (χ4n) is 0.928. The maximum absolute atomic E-state index is 5.00. The molecule has 0 aromatic carbocycles. The summed E-state index contributed by atoms with van der Waals surface area (Å²) in [5.41, 5.74) is 0.959. The molecule has 2 heterocycles. The minimum Gasteiger partial charge on any atom is -0.377 e. The number of hydrogen-bond donors (Lipinski definition) is 1. The van der Waals surface area contributed by atoms with Gasteiger partial charge in [-0.1, -0.05) is 0 Å². The van der Waals surface area contributed by atoms with Gasteiger partial charge in [0.25, 0.3) is 0 Å². The number of aromatic nitrogens is 2. The Bertz CT molecular complexity index is 222. The van der Waals surface area contributed by atoms with Gasteiger partial charge < -0.3 is 10.1 Å². The summed E-state index contributed by atoms with van der Waals surface area (Å²) < 4.78 is 5.00. The lowest BCUT2D eigenvalue weighted by molar-refractivity contribution is 0.0211. The quantitative estimate of drug-likeness (QED) is 0.659. The maximum atomic E-state index is 5.00. The lowest BCUT2D eigenvalue weighted by atomic mass is 10.2. The first-order valence-corrected chi connectivity index (χ1v) is 3.54. The van der Waals surface area contributed by atoms with Crippen LogP contribution in [0.4, 0.5) is 5.69 Å². The van der Waals surface area contributed by atoms with Crippen LogP contribution in [0.5, 0.6) is 0 Å². The molecule has 0 spiro atoms. The molecule has 0 bridgehead atoms. The Labute approximate surface area is 64.6 Å². The summed E-state index contributed by atoms with van der Waals surface area (Å²) in [5, 5.41) is 3.23. The number of hydrogen-bond acceptors (Lipinski definition) is 4. The van der Waals surface area contributed by atoms with E-state index in [1.807, 2.05) is 0 Å². The van der Waals surface area contributed by atoms with Crippen LogP contribution in [0.3, 0.4) is 0 Å². The van der Waals surface area contributed by atoms with Gasteiger partial charge in [-0.15, -0.1) is 0 Å². The molecule has 0 aliphatic carbocycles. The summed E-state index contributed by atoms with van der Waals surface area (Å²) in [6, 6.07) is 0.445. The van der Waals surface area contributed by atoms with Crippen molar-refractivity contribution in [3.05, 3.63) is 18.7 Å². The van der Waals surface area contributed by atoms with Crippen molar-refractivity contribution in [3.63, 3.8) is 0 Å². The molecule has 1 aliphatic heterocycles. The van der Waals surface area contributed by atoms with Crippen molar-refractivity contribution in [2.24, 2.45) is 0 Å². The van der Waals surface area contributed by atoms with Crippen molar-refractivity contribution >= 4 is 5.69 Å². The molecule has 4 nitrogen and oxygen atoms in total. The standard InChI is InChI=1S/C7H9N3O/c1-6(2-9-5-8-1)10-7-3-11-4-7/h1-2,5,7,10H,3-4H2. The van der Waals surface area contributed by atoms with Gasteiger partial charge in [-0.25, -0.2) is 9.97 Å². The van der Waals surface area contributed by atoms with E-state index in [-0.39, 0.29) is 0 Å². The fourth-order valence-corrected chi connectivity index (χ4v) is 0.928. The molecule has 1 aromatic rings. The van der Waals surface area contributed by atoms with E-state index >= 15 is 0 Å². The highest BCUT2D eigenvalue weighted by atomic mass is 16.5. The molecule has 1 fully saturated rings. The van der Waals surface area contributed by atoms with Crippen LogP contribution in [0.15, 0.2) is 18.7 Å². The van der Waals surface area contributed by atoms with E-state index in [2.05, 4.69) is 15.3 Å². The third-order valence-corrected chi connectivity index (χ3v) is 1.57. The molecule has 2 rings (SSSR count). The second-order valence-corrected chi connectivity index (χ2v) is 2.51. The zero-order valence-corrected chi connectivity index (χ0v) is 6.03. The Morgan fingerprint density at radius 3 is 2.64 bits per heavy atom.